The van der Waals surface area contributed by atoms with Gasteiger partial charge in [0.25, 0.3) is 5.78 Å². The quantitative estimate of drug-likeness (QED) is 0.457. The zero-order valence-electron chi connectivity index (χ0n) is 17.5. The largest absolute Gasteiger partial charge is 0.463 e. The highest BCUT2D eigenvalue weighted by Gasteiger charge is 2.43. The van der Waals surface area contributed by atoms with Gasteiger partial charge in [0.2, 0.25) is 5.91 Å². The Labute approximate surface area is 171 Å². The van der Waals surface area contributed by atoms with Gasteiger partial charge in [0, 0.05) is 13.1 Å². The van der Waals surface area contributed by atoms with Gasteiger partial charge in [0.1, 0.15) is 5.54 Å². The van der Waals surface area contributed by atoms with E-state index in [9.17, 15) is 19.2 Å². The van der Waals surface area contributed by atoms with Crippen molar-refractivity contribution in [3.63, 3.8) is 0 Å². The van der Waals surface area contributed by atoms with Crippen LogP contribution < -0.4 is 10.6 Å². The molecule has 1 heterocycles. The maximum atomic E-state index is 13.3. The van der Waals surface area contributed by atoms with Crippen molar-refractivity contribution < 1.29 is 28.7 Å². The fourth-order valence-corrected chi connectivity index (χ4v) is 3.83. The number of carbonyl (C=O) groups is 4. The minimum atomic E-state index is -1.07. The van der Waals surface area contributed by atoms with Gasteiger partial charge < -0.3 is 25.0 Å². The van der Waals surface area contributed by atoms with Gasteiger partial charge in [-0.2, -0.15) is 0 Å². The predicted molar refractivity (Wildman–Crippen MR) is 105 cm³/mol. The molecule has 9 nitrogen and oxygen atoms in total. The number of Topliss-reactive ketones (excluding diaryl/α,β-unsaturated/α-hetero) is 1. The van der Waals surface area contributed by atoms with Crippen molar-refractivity contribution >= 4 is 23.7 Å². The van der Waals surface area contributed by atoms with E-state index in [4.69, 9.17) is 4.74 Å². The fourth-order valence-electron chi connectivity index (χ4n) is 3.83. The lowest BCUT2D eigenvalue weighted by Crippen LogP contribution is -2.64. The lowest BCUT2D eigenvalue weighted by molar-refractivity contribution is -0.153. The van der Waals surface area contributed by atoms with Crippen LogP contribution in [0.15, 0.2) is 0 Å². The maximum Gasteiger partial charge on any atom is 0.376 e. The summed E-state index contributed by atoms with van der Waals surface area (Å²) in [6.45, 7) is 3.86. The summed E-state index contributed by atoms with van der Waals surface area (Å²) in [4.78, 5) is 51.8. The van der Waals surface area contributed by atoms with E-state index in [1.807, 2.05) is 6.92 Å². The third kappa shape index (κ3) is 6.16. The summed E-state index contributed by atoms with van der Waals surface area (Å²) in [6, 6.07) is -1.25. The van der Waals surface area contributed by atoms with Crippen molar-refractivity contribution in [2.45, 2.75) is 69.9 Å². The zero-order chi connectivity index (χ0) is 21.3. The molecule has 1 aliphatic heterocycles. The first-order valence-corrected chi connectivity index (χ1v) is 10.5. The molecule has 9 heteroatoms. The van der Waals surface area contributed by atoms with Gasteiger partial charge in [0.15, 0.2) is 0 Å². The first-order chi connectivity index (χ1) is 13.9. The molecule has 2 fully saturated rings. The first kappa shape index (κ1) is 23.1. The van der Waals surface area contributed by atoms with E-state index in [0.29, 0.717) is 52.0 Å². The summed E-state index contributed by atoms with van der Waals surface area (Å²) in [5.41, 5.74) is -1.07. The Morgan fingerprint density at radius 1 is 1.10 bits per heavy atom. The van der Waals surface area contributed by atoms with E-state index in [1.54, 1.807) is 4.90 Å². The minimum absolute atomic E-state index is 0.297. The fraction of sp³-hybridized carbons (Fsp3) is 0.800. The average Bonchev–Trinajstić information content (AvgIpc) is 2.76. The van der Waals surface area contributed by atoms with Crippen LogP contribution in [0.1, 0.15) is 58.3 Å². The van der Waals surface area contributed by atoms with E-state index in [0.717, 1.165) is 32.8 Å². The summed E-state index contributed by atoms with van der Waals surface area (Å²) >= 11 is 0. The Morgan fingerprint density at radius 3 is 2.34 bits per heavy atom. The van der Waals surface area contributed by atoms with Crippen LogP contribution in [0.25, 0.3) is 0 Å². The van der Waals surface area contributed by atoms with E-state index in [1.165, 1.54) is 0 Å². The highest BCUT2D eigenvalue weighted by atomic mass is 16.5. The number of hydrogen-bond acceptors (Lipinski definition) is 6. The highest BCUT2D eigenvalue weighted by molar-refractivity contribution is 6.36. The van der Waals surface area contributed by atoms with Crippen LogP contribution in [0, 0.1) is 0 Å². The Hall–Kier alpha value is -2.16. The molecule has 1 saturated heterocycles. The van der Waals surface area contributed by atoms with Gasteiger partial charge in [-0.3, -0.25) is 9.59 Å². The molecule has 3 amide bonds. The Bertz CT molecular complexity index is 597. The highest BCUT2D eigenvalue weighted by Crippen LogP contribution is 2.29. The molecule has 0 radical (unpaired) electrons. The van der Waals surface area contributed by atoms with Crippen molar-refractivity contribution in [2.75, 3.05) is 33.4 Å². The molecule has 0 aromatic rings. The normalized spacial score (nSPS) is 19.7. The van der Waals surface area contributed by atoms with Crippen LogP contribution in [-0.2, 0) is 23.9 Å². The van der Waals surface area contributed by atoms with Gasteiger partial charge in [-0.1, -0.05) is 39.0 Å². The van der Waals surface area contributed by atoms with Crippen LogP contribution >= 0.6 is 0 Å². The summed E-state index contributed by atoms with van der Waals surface area (Å²) in [6.07, 6.45) is 5.46. The van der Waals surface area contributed by atoms with Gasteiger partial charge in [0.05, 0.1) is 26.4 Å². The number of esters is 1. The third-order valence-corrected chi connectivity index (χ3v) is 5.64. The van der Waals surface area contributed by atoms with Crippen molar-refractivity contribution in [2.24, 2.45) is 0 Å². The molecule has 0 bridgehead atoms. The lowest BCUT2D eigenvalue weighted by Gasteiger charge is -2.39. The summed E-state index contributed by atoms with van der Waals surface area (Å²) in [5.74, 6) is -2.14. The number of nitrogens with one attached hydrogen (secondary N) is 2. The molecule has 1 saturated carbocycles. The molecule has 1 unspecified atom stereocenters. The SMILES string of the molecule is CCCCC(NC(=O)C1(NC(=O)N2CCOCC2)CCCCC1)C(=O)C(=O)OC. The number of unbranched alkanes of at least 4 members (excludes halogenated alkanes) is 1. The van der Waals surface area contributed by atoms with E-state index < -0.39 is 29.2 Å². The minimum Gasteiger partial charge on any atom is -0.463 e. The van der Waals surface area contributed by atoms with Crippen molar-refractivity contribution in [1.82, 2.24) is 15.5 Å². The maximum absolute atomic E-state index is 13.3. The van der Waals surface area contributed by atoms with E-state index in [-0.39, 0.29) is 6.03 Å². The van der Waals surface area contributed by atoms with Crippen molar-refractivity contribution in [3.8, 4) is 0 Å². The van der Waals surface area contributed by atoms with Crippen LogP contribution in [0.4, 0.5) is 4.79 Å². The predicted octanol–water partition coefficient (Wildman–Crippen LogP) is 1.15. The zero-order valence-corrected chi connectivity index (χ0v) is 17.5. The third-order valence-electron chi connectivity index (χ3n) is 5.64. The molecular weight excluding hydrogens is 378 g/mol. The van der Waals surface area contributed by atoms with Crippen molar-refractivity contribution in [3.05, 3.63) is 0 Å². The van der Waals surface area contributed by atoms with Crippen LogP contribution in [0.2, 0.25) is 0 Å². The smallest absolute Gasteiger partial charge is 0.376 e. The number of ketones is 1. The average molecular weight is 411 g/mol. The Morgan fingerprint density at radius 2 is 1.76 bits per heavy atom. The molecule has 0 aromatic carbocycles. The number of hydrogen-bond donors (Lipinski definition) is 2. The standard InChI is InChI=1S/C20H33N3O6/c1-3-4-8-15(16(24)17(25)28-2)21-18(26)20(9-6-5-7-10-20)22-19(27)23-11-13-29-14-12-23/h15H,3-14H2,1-2H3,(H,21,26)(H,22,27). The Balaban J connectivity index is 2.13. The molecule has 2 rings (SSSR count). The summed E-state index contributed by atoms with van der Waals surface area (Å²) < 4.78 is 9.82. The molecule has 2 N–H and O–H groups in total. The monoisotopic (exact) mass is 411 g/mol. The van der Waals surface area contributed by atoms with Gasteiger partial charge in [-0.15, -0.1) is 0 Å². The Kier molecular flexibility index (Phi) is 8.88. The lowest BCUT2D eigenvalue weighted by atomic mass is 9.80. The number of amides is 3. The van der Waals surface area contributed by atoms with E-state index in [2.05, 4.69) is 15.4 Å². The number of carbonyl (C=O) groups excluding carboxylic acids is 4. The second-order valence-electron chi connectivity index (χ2n) is 7.70. The molecule has 29 heavy (non-hydrogen) atoms. The molecular formula is C20H33N3O6. The molecule has 0 aromatic heterocycles. The number of rotatable bonds is 8. The topological polar surface area (TPSA) is 114 Å². The summed E-state index contributed by atoms with van der Waals surface area (Å²) in [5, 5.41) is 5.68. The van der Waals surface area contributed by atoms with E-state index >= 15 is 0 Å². The van der Waals surface area contributed by atoms with Crippen LogP contribution in [0.5, 0.6) is 0 Å². The van der Waals surface area contributed by atoms with Gasteiger partial charge in [-0.25, -0.2) is 9.59 Å². The summed E-state index contributed by atoms with van der Waals surface area (Å²) in [7, 11) is 1.14. The number of urea groups is 1. The second-order valence-corrected chi connectivity index (χ2v) is 7.70. The molecule has 0 spiro atoms. The van der Waals surface area contributed by atoms with Crippen molar-refractivity contribution in [1.29, 1.82) is 0 Å². The number of nitrogens with zero attached hydrogens (tertiary/aromatic N) is 1. The molecule has 1 aliphatic carbocycles. The molecule has 164 valence electrons. The number of morpholine rings is 1. The van der Waals surface area contributed by atoms with Crippen LogP contribution in [-0.4, -0.2) is 73.6 Å². The number of ether oxygens (including phenoxy) is 2. The molecule has 2 aliphatic rings. The number of methoxy groups -OCH3 is 1. The van der Waals surface area contributed by atoms with Gasteiger partial charge in [-0.05, 0) is 19.3 Å². The second kappa shape index (κ2) is 11.1. The molecule has 1 atom stereocenters. The first-order valence-electron chi connectivity index (χ1n) is 10.5. The van der Waals surface area contributed by atoms with Crippen LogP contribution in [0.3, 0.4) is 0 Å². The van der Waals surface area contributed by atoms with Gasteiger partial charge >= 0.3 is 12.0 Å².